The van der Waals surface area contributed by atoms with Crippen molar-refractivity contribution in [3.63, 3.8) is 0 Å². The molecule has 0 amide bonds. The Balaban J connectivity index is 2.02. The van der Waals surface area contributed by atoms with E-state index in [4.69, 9.17) is 11.6 Å². The van der Waals surface area contributed by atoms with Gasteiger partial charge in [-0.25, -0.2) is 4.31 Å². The fourth-order valence-electron chi connectivity index (χ4n) is 4.16. The van der Waals surface area contributed by atoms with Crippen molar-refractivity contribution in [3.05, 3.63) is 76.3 Å². The predicted molar refractivity (Wildman–Crippen MR) is 124 cm³/mol. The highest BCUT2D eigenvalue weighted by Crippen LogP contribution is 2.47. The molecule has 1 aliphatic heterocycles. The summed E-state index contributed by atoms with van der Waals surface area (Å²) < 4.78 is 2.41. The number of halogens is 1. The zero-order chi connectivity index (χ0) is 21.2. The third-order valence-corrected chi connectivity index (χ3v) is 6.94. The monoisotopic (exact) mass is 427 g/mol. The Morgan fingerprint density at radius 1 is 1.14 bits per heavy atom. The molecule has 2 nitrogen and oxygen atoms in total. The molecule has 0 fully saturated rings. The number of hydrogen-bond donors (Lipinski definition) is 0. The van der Waals surface area contributed by atoms with Crippen molar-refractivity contribution in [1.29, 1.82) is 0 Å². The third kappa shape index (κ3) is 5.33. The number of rotatable bonds is 6. The van der Waals surface area contributed by atoms with Gasteiger partial charge in [0.25, 0.3) is 0 Å². The predicted octanol–water partition coefficient (Wildman–Crippen LogP) is 7.28. The number of aldehydes is 1. The summed E-state index contributed by atoms with van der Waals surface area (Å²) in [5.74, 6) is 0.416. The van der Waals surface area contributed by atoms with Crippen LogP contribution < -0.4 is 0 Å². The lowest BCUT2D eigenvalue weighted by molar-refractivity contribution is -0.105. The Bertz CT molecular complexity index is 884. The molecule has 29 heavy (non-hydrogen) atoms. The summed E-state index contributed by atoms with van der Waals surface area (Å²) in [6, 6.07) is 16.4. The summed E-state index contributed by atoms with van der Waals surface area (Å²) >= 11 is 7.88. The van der Waals surface area contributed by atoms with Crippen LogP contribution >= 0.6 is 23.5 Å². The molecular formula is C25H30ClNOS. The van der Waals surface area contributed by atoms with Gasteiger partial charge in [0.05, 0.1) is 6.04 Å². The average Bonchev–Trinajstić information content (AvgIpc) is 3.01. The number of hydrogen-bond acceptors (Lipinski definition) is 3. The average molecular weight is 428 g/mol. The van der Waals surface area contributed by atoms with Crippen LogP contribution in [0.1, 0.15) is 51.3 Å². The molecule has 3 unspecified atom stereocenters. The molecular weight excluding hydrogens is 398 g/mol. The zero-order valence-corrected chi connectivity index (χ0v) is 19.4. The normalized spacial score (nSPS) is 21.1. The molecule has 0 spiro atoms. The van der Waals surface area contributed by atoms with Crippen molar-refractivity contribution in [3.8, 4) is 0 Å². The molecule has 4 heteroatoms. The summed E-state index contributed by atoms with van der Waals surface area (Å²) in [6.07, 6.45) is 4.28. The van der Waals surface area contributed by atoms with Crippen LogP contribution in [0.2, 0.25) is 5.02 Å². The second kappa shape index (κ2) is 9.07. The van der Waals surface area contributed by atoms with Crippen molar-refractivity contribution in [2.24, 2.45) is 11.3 Å². The van der Waals surface area contributed by atoms with E-state index in [2.05, 4.69) is 69.3 Å². The number of carbonyl (C=O) groups excluding carboxylic acids is 1. The molecule has 2 aromatic rings. The fourth-order valence-corrected chi connectivity index (χ4v) is 5.60. The minimum Gasteiger partial charge on any atom is -0.298 e. The van der Waals surface area contributed by atoms with Gasteiger partial charge in [-0.3, -0.25) is 4.79 Å². The van der Waals surface area contributed by atoms with E-state index in [0.717, 1.165) is 23.8 Å². The Labute approximate surface area is 184 Å². The highest BCUT2D eigenvalue weighted by molar-refractivity contribution is 7.97. The summed E-state index contributed by atoms with van der Waals surface area (Å²) in [5.41, 5.74) is 3.40. The second-order valence-electron chi connectivity index (χ2n) is 9.19. The molecule has 1 heterocycles. The van der Waals surface area contributed by atoms with Crippen LogP contribution in [-0.2, 0) is 4.79 Å². The van der Waals surface area contributed by atoms with Gasteiger partial charge < -0.3 is 0 Å². The van der Waals surface area contributed by atoms with Crippen LogP contribution in [0.25, 0.3) is 0 Å². The van der Waals surface area contributed by atoms with Gasteiger partial charge in [-0.2, -0.15) is 0 Å². The summed E-state index contributed by atoms with van der Waals surface area (Å²) in [7, 11) is 0. The number of nitrogens with zero attached hydrogens (tertiary/aromatic N) is 1. The van der Waals surface area contributed by atoms with E-state index in [1.54, 1.807) is 11.9 Å². The van der Waals surface area contributed by atoms with Crippen molar-refractivity contribution >= 4 is 29.8 Å². The van der Waals surface area contributed by atoms with E-state index in [0.29, 0.717) is 10.9 Å². The molecule has 0 saturated heterocycles. The van der Waals surface area contributed by atoms with Crippen molar-refractivity contribution in [2.45, 2.75) is 58.0 Å². The number of benzene rings is 2. The highest BCUT2D eigenvalue weighted by atomic mass is 35.5. The largest absolute Gasteiger partial charge is 0.298 e. The van der Waals surface area contributed by atoms with E-state index in [1.165, 1.54) is 10.5 Å². The van der Waals surface area contributed by atoms with E-state index in [9.17, 15) is 4.79 Å². The van der Waals surface area contributed by atoms with Gasteiger partial charge in [0.1, 0.15) is 6.29 Å². The molecule has 2 aromatic carbocycles. The van der Waals surface area contributed by atoms with Crippen molar-refractivity contribution < 1.29 is 4.79 Å². The van der Waals surface area contributed by atoms with E-state index >= 15 is 0 Å². The van der Waals surface area contributed by atoms with Gasteiger partial charge in [-0.05, 0) is 66.0 Å². The molecule has 154 valence electrons. The zero-order valence-electron chi connectivity index (χ0n) is 17.9. The Kier molecular flexibility index (Phi) is 6.93. The molecule has 1 aliphatic rings. The van der Waals surface area contributed by atoms with Crippen molar-refractivity contribution in [1.82, 2.24) is 4.31 Å². The lowest BCUT2D eigenvalue weighted by atomic mass is 9.82. The standard InChI is InChI=1S/C25H30ClNOS/c1-17-8-6-7-9-23(17)29-27-22(18(2)15-25(3,4)5)14-20(16-28)24(27)19-10-12-21(26)13-11-19/h6-14,16,18,22,24H,15H2,1-5H3. The van der Waals surface area contributed by atoms with Gasteiger partial charge >= 0.3 is 0 Å². The van der Waals surface area contributed by atoms with Crippen LogP contribution in [0.15, 0.2) is 65.1 Å². The van der Waals surface area contributed by atoms with E-state index in [1.807, 2.05) is 24.3 Å². The number of carbonyl (C=O) groups is 1. The SMILES string of the molecule is Cc1ccccc1SN1C(c2ccc(Cl)cc2)C(C=O)=CC1C(C)CC(C)(C)C. The van der Waals surface area contributed by atoms with Gasteiger partial charge in [0, 0.05) is 21.5 Å². The Morgan fingerprint density at radius 3 is 2.38 bits per heavy atom. The lowest BCUT2D eigenvalue weighted by Gasteiger charge is -2.35. The molecule has 0 saturated carbocycles. The minimum absolute atomic E-state index is 0.0817. The Hall–Kier alpha value is -1.55. The third-order valence-electron chi connectivity index (χ3n) is 5.36. The van der Waals surface area contributed by atoms with Gasteiger partial charge in [-0.1, -0.05) is 75.7 Å². The Morgan fingerprint density at radius 2 is 1.79 bits per heavy atom. The van der Waals surface area contributed by atoms with E-state index in [-0.39, 0.29) is 17.5 Å². The first-order chi connectivity index (χ1) is 13.7. The lowest BCUT2D eigenvalue weighted by Crippen LogP contribution is -2.33. The number of aryl methyl sites for hydroxylation is 1. The first-order valence-electron chi connectivity index (χ1n) is 10.1. The molecule has 0 radical (unpaired) electrons. The molecule has 0 bridgehead atoms. The van der Waals surface area contributed by atoms with Crippen LogP contribution in [0.3, 0.4) is 0 Å². The van der Waals surface area contributed by atoms with Gasteiger partial charge in [0.15, 0.2) is 0 Å². The van der Waals surface area contributed by atoms with E-state index < -0.39 is 0 Å². The summed E-state index contributed by atoms with van der Waals surface area (Å²) in [6.45, 7) is 11.3. The molecule has 3 atom stereocenters. The maximum Gasteiger partial charge on any atom is 0.147 e. The first-order valence-corrected chi connectivity index (χ1v) is 11.3. The fraction of sp³-hybridized carbons (Fsp3) is 0.400. The summed E-state index contributed by atoms with van der Waals surface area (Å²) in [4.78, 5) is 13.3. The minimum atomic E-state index is -0.0817. The quantitative estimate of drug-likeness (QED) is 0.357. The van der Waals surface area contributed by atoms with Crippen LogP contribution in [0, 0.1) is 18.3 Å². The first kappa shape index (κ1) is 22.1. The van der Waals surface area contributed by atoms with Crippen molar-refractivity contribution in [2.75, 3.05) is 0 Å². The smallest absolute Gasteiger partial charge is 0.147 e. The molecule has 0 N–H and O–H groups in total. The maximum absolute atomic E-state index is 12.0. The van der Waals surface area contributed by atoms with Gasteiger partial charge in [0.2, 0.25) is 0 Å². The van der Waals surface area contributed by atoms with Crippen LogP contribution in [0.5, 0.6) is 0 Å². The molecule has 0 aromatic heterocycles. The maximum atomic E-state index is 12.0. The topological polar surface area (TPSA) is 20.3 Å². The second-order valence-corrected chi connectivity index (χ2v) is 10.7. The van der Waals surface area contributed by atoms with Gasteiger partial charge in [-0.15, -0.1) is 0 Å². The van der Waals surface area contributed by atoms with Crippen LogP contribution in [-0.4, -0.2) is 16.6 Å². The summed E-state index contributed by atoms with van der Waals surface area (Å²) in [5, 5.41) is 0.708. The molecule has 3 rings (SSSR count). The van der Waals surface area contributed by atoms with Crippen LogP contribution in [0.4, 0.5) is 0 Å². The molecule has 0 aliphatic carbocycles. The highest BCUT2D eigenvalue weighted by Gasteiger charge is 2.40.